The summed E-state index contributed by atoms with van der Waals surface area (Å²) in [6.07, 6.45) is -1.65. The number of aliphatic carboxylic acids is 2. The zero-order valence-corrected chi connectivity index (χ0v) is 9.94. The summed E-state index contributed by atoms with van der Waals surface area (Å²) in [5.74, 6) is -3.19. The van der Waals surface area contributed by atoms with Gasteiger partial charge in [-0.3, -0.25) is 0 Å². The standard InChI is InChI=1S/C8H15NO2.C2HF3O2/c1-6(2)5-7(9)3-4-8(10)11;3-2(4,5)1(6)7/h3-4,6-7H,5,9H2,1-2H3,(H,10,11);(H,6,7)/b4-3+;/t7-;/m1./s1. The molecule has 0 saturated carbocycles. The molecule has 0 unspecified atom stereocenters. The minimum absolute atomic E-state index is 0.133. The van der Waals surface area contributed by atoms with Crippen molar-refractivity contribution < 1.29 is 33.0 Å². The molecule has 0 saturated heterocycles. The molecule has 0 aromatic heterocycles. The number of carbonyl (C=O) groups is 2. The number of hydrogen-bond acceptors (Lipinski definition) is 3. The van der Waals surface area contributed by atoms with Gasteiger partial charge in [0.05, 0.1) is 0 Å². The van der Waals surface area contributed by atoms with E-state index in [9.17, 15) is 18.0 Å². The molecule has 106 valence electrons. The highest BCUT2D eigenvalue weighted by Gasteiger charge is 2.38. The molecule has 0 aromatic rings. The molecule has 0 aliphatic rings. The third kappa shape index (κ3) is 14.4. The molecule has 0 radical (unpaired) electrons. The van der Waals surface area contributed by atoms with Crippen LogP contribution in [0.25, 0.3) is 0 Å². The Balaban J connectivity index is 0. The van der Waals surface area contributed by atoms with E-state index in [1.54, 1.807) is 0 Å². The Morgan fingerprint density at radius 1 is 1.28 bits per heavy atom. The summed E-state index contributed by atoms with van der Waals surface area (Å²) in [4.78, 5) is 18.9. The van der Waals surface area contributed by atoms with Crippen LogP contribution in [0.4, 0.5) is 13.2 Å². The Labute approximate surface area is 102 Å². The van der Waals surface area contributed by atoms with Gasteiger partial charge in [-0.1, -0.05) is 19.9 Å². The molecule has 0 aromatic carbocycles. The Kier molecular flexibility index (Phi) is 8.88. The number of alkyl halides is 3. The van der Waals surface area contributed by atoms with Gasteiger partial charge in [0.2, 0.25) is 0 Å². The molecular formula is C10H16F3NO4. The topological polar surface area (TPSA) is 101 Å². The van der Waals surface area contributed by atoms with E-state index in [-0.39, 0.29) is 6.04 Å². The molecule has 0 aliphatic heterocycles. The van der Waals surface area contributed by atoms with Crippen molar-refractivity contribution in [2.45, 2.75) is 32.5 Å². The quantitative estimate of drug-likeness (QED) is 0.675. The Morgan fingerprint density at radius 2 is 1.67 bits per heavy atom. The summed E-state index contributed by atoms with van der Waals surface area (Å²) in [5, 5.41) is 15.4. The lowest BCUT2D eigenvalue weighted by atomic mass is 10.0. The van der Waals surface area contributed by atoms with E-state index in [1.165, 1.54) is 6.08 Å². The average molecular weight is 271 g/mol. The summed E-state index contributed by atoms with van der Waals surface area (Å²) < 4.78 is 31.7. The predicted molar refractivity (Wildman–Crippen MR) is 57.9 cm³/mol. The molecule has 1 atom stereocenters. The molecule has 4 N–H and O–H groups in total. The first-order valence-corrected chi connectivity index (χ1v) is 4.93. The molecule has 5 nitrogen and oxygen atoms in total. The van der Waals surface area contributed by atoms with Crippen LogP contribution in [0.15, 0.2) is 12.2 Å². The number of halogens is 3. The molecule has 0 heterocycles. The summed E-state index contributed by atoms with van der Waals surface area (Å²) in [6, 6.07) is -0.133. The van der Waals surface area contributed by atoms with Gasteiger partial charge >= 0.3 is 18.1 Å². The van der Waals surface area contributed by atoms with Gasteiger partial charge in [0.15, 0.2) is 0 Å². The fourth-order valence-corrected chi connectivity index (χ4v) is 0.829. The number of carboxylic acids is 2. The van der Waals surface area contributed by atoms with Gasteiger partial charge in [0.25, 0.3) is 0 Å². The highest BCUT2D eigenvalue weighted by atomic mass is 19.4. The van der Waals surface area contributed by atoms with Crippen molar-refractivity contribution in [3.63, 3.8) is 0 Å². The van der Waals surface area contributed by atoms with Crippen LogP contribution < -0.4 is 5.73 Å². The lowest BCUT2D eigenvalue weighted by Gasteiger charge is -2.07. The predicted octanol–water partition coefficient (Wildman–Crippen LogP) is 1.63. The first kappa shape index (κ1) is 18.8. The molecule has 0 amide bonds. The number of hydrogen-bond donors (Lipinski definition) is 3. The monoisotopic (exact) mass is 271 g/mol. The maximum absolute atomic E-state index is 10.6. The van der Waals surface area contributed by atoms with E-state index in [0.29, 0.717) is 5.92 Å². The number of nitrogens with two attached hydrogens (primary N) is 1. The molecule has 0 fully saturated rings. The van der Waals surface area contributed by atoms with Crippen molar-refractivity contribution in [1.82, 2.24) is 0 Å². The van der Waals surface area contributed by atoms with Crippen LogP contribution in [-0.4, -0.2) is 34.4 Å². The fourth-order valence-electron chi connectivity index (χ4n) is 0.829. The third-order valence-corrected chi connectivity index (χ3v) is 1.47. The normalized spacial score (nSPS) is 13.1. The van der Waals surface area contributed by atoms with E-state index in [2.05, 4.69) is 13.8 Å². The first-order chi connectivity index (χ1) is 7.96. The van der Waals surface area contributed by atoms with E-state index >= 15 is 0 Å². The zero-order chi connectivity index (χ0) is 14.9. The van der Waals surface area contributed by atoms with Crippen LogP contribution >= 0.6 is 0 Å². The van der Waals surface area contributed by atoms with Crippen molar-refractivity contribution in [3.05, 3.63) is 12.2 Å². The van der Waals surface area contributed by atoms with E-state index in [1.807, 2.05) is 0 Å². The van der Waals surface area contributed by atoms with Crippen molar-refractivity contribution >= 4 is 11.9 Å². The molecule has 0 rings (SSSR count). The highest BCUT2D eigenvalue weighted by Crippen LogP contribution is 2.13. The van der Waals surface area contributed by atoms with Gasteiger partial charge in [-0.25, -0.2) is 9.59 Å². The van der Waals surface area contributed by atoms with Crippen LogP contribution in [0, 0.1) is 5.92 Å². The van der Waals surface area contributed by atoms with Crippen molar-refractivity contribution in [2.24, 2.45) is 11.7 Å². The Bertz CT molecular complexity index is 300. The smallest absolute Gasteiger partial charge is 0.478 e. The van der Waals surface area contributed by atoms with E-state index < -0.39 is 18.1 Å². The highest BCUT2D eigenvalue weighted by molar-refractivity contribution is 5.79. The van der Waals surface area contributed by atoms with Crippen LogP contribution in [0.3, 0.4) is 0 Å². The molecule has 0 bridgehead atoms. The maximum atomic E-state index is 10.6. The maximum Gasteiger partial charge on any atom is 0.490 e. The zero-order valence-electron chi connectivity index (χ0n) is 9.94. The Hall–Kier alpha value is -1.57. The summed E-state index contributed by atoms with van der Waals surface area (Å²) in [5.41, 5.74) is 5.57. The second-order valence-corrected chi connectivity index (χ2v) is 3.79. The Morgan fingerprint density at radius 3 is 1.89 bits per heavy atom. The largest absolute Gasteiger partial charge is 0.490 e. The third-order valence-electron chi connectivity index (χ3n) is 1.47. The summed E-state index contributed by atoms with van der Waals surface area (Å²) >= 11 is 0. The summed E-state index contributed by atoms with van der Waals surface area (Å²) in [6.45, 7) is 4.10. The lowest BCUT2D eigenvalue weighted by molar-refractivity contribution is -0.192. The molecule has 18 heavy (non-hydrogen) atoms. The second-order valence-electron chi connectivity index (χ2n) is 3.79. The van der Waals surface area contributed by atoms with Crippen molar-refractivity contribution in [2.75, 3.05) is 0 Å². The van der Waals surface area contributed by atoms with Gasteiger partial charge in [0, 0.05) is 12.1 Å². The van der Waals surface area contributed by atoms with Crippen molar-refractivity contribution in [1.29, 1.82) is 0 Å². The summed E-state index contributed by atoms with van der Waals surface area (Å²) in [7, 11) is 0. The minimum Gasteiger partial charge on any atom is -0.478 e. The average Bonchev–Trinajstić information content (AvgIpc) is 2.13. The van der Waals surface area contributed by atoms with Crippen LogP contribution in [0.1, 0.15) is 20.3 Å². The molecular weight excluding hydrogens is 255 g/mol. The van der Waals surface area contributed by atoms with Gasteiger partial charge in [-0.2, -0.15) is 13.2 Å². The lowest BCUT2D eigenvalue weighted by Crippen LogP contribution is -2.21. The molecule has 0 spiro atoms. The van der Waals surface area contributed by atoms with Crippen LogP contribution in [0.5, 0.6) is 0 Å². The van der Waals surface area contributed by atoms with Gasteiger partial charge in [-0.05, 0) is 12.3 Å². The van der Waals surface area contributed by atoms with E-state index in [0.717, 1.165) is 12.5 Å². The number of carboxylic acid groups (broad SMARTS) is 2. The van der Waals surface area contributed by atoms with Crippen molar-refractivity contribution in [3.8, 4) is 0 Å². The fraction of sp³-hybridized carbons (Fsp3) is 0.600. The minimum atomic E-state index is -5.08. The van der Waals surface area contributed by atoms with Crippen LogP contribution in [0.2, 0.25) is 0 Å². The molecule has 0 aliphatic carbocycles. The van der Waals surface area contributed by atoms with Gasteiger partial charge < -0.3 is 15.9 Å². The van der Waals surface area contributed by atoms with Gasteiger partial charge in [0.1, 0.15) is 0 Å². The SMILES string of the molecule is CC(C)C[C@H](N)/C=C/C(=O)O.O=C(O)C(F)(F)F. The van der Waals surface area contributed by atoms with E-state index in [4.69, 9.17) is 20.7 Å². The van der Waals surface area contributed by atoms with Crippen LogP contribution in [-0.2, 0) is 9.59 Å². The molecule has 8 heteroatoms. The van der Waals surface area contributed by atoms with Gasteiger partial charge in [-0.15, -0.1) is 0 Å². The number of rotatable bonds is 4. The second kappa shape index (κ2) is 8.51. The first-order valence-electron chi connectivity index (χ1n) is 4.93.